The molecular formula is C13H23NO4S. The van der Waals surface area contributed by atoms with Gasteiger partial charge in [0.05, 0.1) is 5.75 Å². The summed E-state index contributed by atoms with van der Waals surface area (Å²) in [6.07, 6.45) is 5.92. The van der Waals surface area contributed by atoms with Gasteiger partial charge >= 0.3 is 5.97 Å². The molecule has 0 aromatic carbocycles. The maximum atomic E-state index is 12.5. The monoisotopic (exact) mass is 289 g/mol. The van der Waals surface area contributed by atoms with Gasteiger partial charge in [-0.25, -0.2) is 8.42 Å². The van der Waals surface area contributed by atoms with Gasteiger partial charge in [0.2, 0.25) is 10.0 Å². The molecule has 2 fully saturated rings. The zero-order valence-electron chi connectivity index (χ0n) is 11.5. The van der Waals surface area contributed by atoms with Crippen molar-refractivity contribution in [2.45, 2.75) is 45.4 Å². The summed E-state index contributed by atoms with van der Waals surface area (Å²) < 4.78 is 26.1. The summed E-state index contributed by atoms with van der Waals surface area (Å²) >= 11 is 0. The third-order valence-electron chi connectivity index (χ3n) is 4.55. The molecule has 0 amide bonds. The van der Waals surface area contributed by atoms with Gasteiger partial charge in [-0.15, -0.1) is 0 Å². The number of aliphatic carboxylic acids is 1. The van der Waals surface area contributed by atoms with E-state index < -0.39 is 22.5 Å². The van der Waals surface area contributed by atoms with Crippen LogP contribution in [0.5, 0.6) is 0 Å². The van der Waals surface area contributed by atoms with Crippen LogP contribution in [0.15, 0.2) is 0 Å². The standard InChI is InChI=1S/C13H23NO4S/c1-2-7-14(9-12(15)16)19(17,18)10-13-5-3-11(8-13)4-6-13/h11H,2-10H2,1H3,(H,15,16). The van der Waals surface area contributed by atoms with Crippen LogP contribution < -0.4 is 0 Å². The molecule has 2 aliphatic rings. The van der Waals surface area contributed by atoms with E-state index in [0.29, 0.717) is 18.9 Å². The third kappa shape index (κ3) is 3.28. The van der Waals surface area contributed by atoms with E-state index in [4.69, 9.17) is 5.11 Å². The lowest BCUT2D eigenvalue weighted by atomic mass is 9.87. The Bertz CT molecular complexity index is 438. The van der Waals surface area contributed by atoms with Crippen molar-refractivity contribution in [2.75, 3.05) is 18.8 Å². The molecule has 0 aliphatic heterocycles. The second-order valence-electron chi connectivity index (χ2n) is 6.13. The zero-order chi connectivity index (χ0) is 14.1. The Morgan fingerprint density at radius 1 is 1.37 bits per heavy atom. The minimum atomic E-state index is -3.45. The summed E-state index contributed by atoms with van der Waals surface area (Å²) in [5.74, 6) is -0.233. The van der Waals surface area contributed by atoms with Gasteiger partial charge in [-0.2, -0.15) is 4.31 Å². The van der Waals surface area contributed by atoms with Gasteiger partial charge in [-0.1, -0.05) is 6.92 Å². The molecule has 0 aromatic rings. The van der Waals surface area contributed by atoms with E-state index >= 15 is 0 Å². The predicted octanol–water partition coefficient (Wildman–Crippen LogP) is 1.69. The van der Waals surface area contributed by atoms with E-state index in [-0.39, 0.29) is 11.2 Å². The van der Waals surface area contributed by atoms with E-state index in [0.717, 1.165) is 36.4 Å². The molecule has 0 aromatic heterocycles. The fourth-order valence-corrected chi connectivity index (χ4v) is 5.84. The lowest BCUT2D eigenvalue weighted by Crippen LogP contribution is -2.41. The highest BCUT2D eigenvalue weighted by atomic mass is 32.2. The van der Waals surface area contributed by atoms with Crippen LogP contribution in [0.4, 0.5) is 0 Å². The molecule has 5 nitrogen and oxygen atoms in total. The molecule has 19 heavy (non-hydrogen) atoms. The van der Waals surface area contributed by atoms with Crippen molar-refractivity contribution in [3.8, 4) is 0 Å². The Hall–Kier alpha value is -0.620. The Kier molecular flexibility index (Phi) is 4.20. The summed E-state index contributed by atoms with van der Waals surface area (Å²) in [5.41, 5.74) is -0.0615. The molecule has 110 valence electrons. The quantitative estimate of drug-likeness (QED) is 0.774. The first-order chi connectivity index (χ1) is 8.87. The highest BCUT2D eigenvalue weighted by Crippen LogP contribution is 2.54. The summed E-state index contributed by atoms with van der Waals surface area (Å²) in [6.45, 7) is 1.76. The van der Waals surface area contributed by atoms with Crippen molar-refractivity contribution in [3.05, 3.63) is 0 Å². The van der Waals surface area contributed by atoms with Crippen LogP contribution >= 0.6 is 0 Å². The summed E-state index contributed by atoms with van der Waals surface area (Å²) in [7, 11) is -3.45. The van der Waals surface area contributed by atoms with Gasteiger partial charge in [0.15, 0.2) is 0 Å². The Morgan fingerprint density at radius 2 is 2.00 bits per heavy atom. The molecule has 0 saturated heterocycles. The summed E-state index contributed by atoms with van der Waals surface area (Å²) in [5, 5.41) is 8.86. The van der Waals surface area contributed by atoms with E-state index in [1.165, 1.54) is 0 Å². The number of carboxylic acid groups (broad SMARTS) is 1. The van der Waals surface area contributed by atoms with Crippen LogP contribution in [0.2, 0.25) is 0 Å². The maximum Gasteiger partial charge on any atom is 0.318 e. The molecule has 2 saturated carbocycles. The number of nitrogens with zero attached hydrogens (tertiary/aromatic N) is 1. The van der Waals surface area contributed by atoms with Crippen LogP contribution in [0.25, 0.3) is 0 Å². The lowest BCUT2D eigenvalue weighted by Gasteiger charge is -2.29. The van der Waals surface area contributed by atoms with E-state index in [1.807, 2.05) is 6.92 Å². The molecule has 2 bridgehead atoms. The molecule has 0 unspecified atom stereocenters. The molecular weight excluding hydrogens is 266 g/mol. The summed E-state index contributed by atoms with van der Waals surface area (Å²) in [6, 6.07) is 0. The zero-order valence-corrected chi connectivity index (χ0v) is 12.3. The highest BCUT2D eigenvalue weighted by Gasteiger charge is 2.48. The Labute approximate surface area is 115 Å². The largest absolute Gasteiger partial charge is 0.480 e. The molecule has 0 radical (unpaired) electrons. The highest BCUT2D eigenvalue weighted by molar-refractivity contribution is 7.89. The molecule has 6 heteroatoms. The third-order valence-corrected chi connectivity index (χ3v) is 6.63. The number of carboxylic acids is 1. The molecule has 2 rings (SSSR count). The number of hydrogen-bond acceptors (Lipinski definition) is 3. The Balaban J connectivity index is 2.09. The Morgan fingerprint density at radius 3 is 2.42 bits per heavy atom. The second-order valence-corrected chi connectivity index (χ2v) is 8.10. The first-order valence-corrected chi connectivity index (χ1v) is 8.67. The topological polar surface area (TPSA) is 74.7 Å². The molecule has 1 N–H and O–H groups in total. The first kappa shape index (κ1) is 14.8. The normalized spacial score (nSPS) is 30.1. The molecule has 0 heterocycles. The molecule has 2 aliphatic carbocycles. The fraction of sp³-hybridized carbons (Fsp3) is 0.923. The smallest absolute Gasteiger partial charge is 0.318 e. The number of hydrogen-bond donors (Lipinski definition) is 1. The van der Waals surface area contributed by atoms with E-state index in [2.05, 4.69) is 0 Å². The van der Waals surface area contributed by atoms with Crippen LogP contribution in [0, 0.1) is 11.3 Å². The van der Waals surface area contributed by atoms with Crippen molar-refractivity contribution in [2.24, 2.45) is 11.3 Å². The van der Waals surface area contributed by atoms with Gasteiger partial charge < -0.3 is 5.11 Å². The van der Waals surface area contributed by atoms with Crippen molar-refractivity contribution < 1.29 is 18.3 Å². The first-order valence-electron chi connectivity index (χ1n) is 7.06. The average Bonchev–Trinajstić information content (AvgIpc) is 2.86. The van der Waals surface area contributed by atoms with Crippen LogP contribution in [-0.2, 0) is 14.8 Å². The van der Waals surface area contributed by atoms with Crippen molar-refractivity contribution in [1.29, 1.82) is 0 Å². The number of sulfonamides is 1. The fourth-order valence-electron chi connectivity index (χ4n) is 3.71. The van der Waals surface area contributed by atoms with Gasteiger partial charge in [0.25, 0.3) is 0 Å². The van der Waals surface area contributed by atoms with Crippen molar-refractivity contribution >= 4 is 16.0 Å². The molecule has 0 atom stereocenters. The van der Waals surface area contributed by atoms with Crippen LogP contribution in [-0.4, -0.2) is 42.6 Å². The second kappa shape index (κ2) is 5.40. The number of fused-ring (bicyclic) bond motifs is 2. The van der Waals surface area contributed by atoms with Crippen molar-refractivity contribution in [3.63, 3.8) is 0 Å². The predicted molar refractivity (Wildman–Crippen MR) is 72.3 cm³/mol. The SMILES string of the molecule is CCCN(CC(=O)O)S(=O)(=O)CC12CCC(CC1)C2. The lowest BCUT2D eigenvalue weighted by molar-refractivity contribution is -0.137. The maximum absolute atomic E-state index is 12.5. The van der Waals surface area contributed by atoms with E-state index in [9.17, 15) is 13.2 Å². The number of rotatable bonds is 7. The average molecular weight is 289 g/mol. The van der Waals surface area contributed by atoms with Crippen LogP contribution in [0.3, 0.4) is 0 Å². The van der Waals surface area contributed by atoms with E-state index in [1.54, 1.807) is 0 Å². The minimum Gasteiger partial charge on any atom is -0.480 e. The summed E-state index contributed by atoms with van der Waals surface area (Å²) in [4.78, 5) is 10.8. The number of carbonyl (C=O) groups is 1. The van der Waals surface area contributed by atoms with Gasteiger partial charge in [0.1, 0.15) is 6.54 Å². The van der Waals surface area contributed by atoms with Gasteiger partial charge in [0, 0.05) is 6.54 Å². The van der Waals surface area contributed by atoms with Gasteiger partial charge in [-0.3, -0.25) is 4.79 Å². The minimum absolute atomic E-state index is 0.0615. The molecule has 0 spiro atoms. The van der Waals surface area contributed by atoms with Crippen molar-refractivity contribution in [1.82, 2.24) is 4.31 Å². The van der Waals surface area contributed by atoms with Gasteiger partial charge in [-0.05, 0) is 49.9 Å². The van der Waals surface area contributed by atoms with Crippen LogP contribution in [0.1, 0.15) is 45.4 Å².